The molecular formula is C14H29N3O. The summed E-state index contributed by atoms with van der Waals surface area (Å²) in [6.45, 7) is 11.5. The number of hydrogen-bond donors (Lipinski definition) is 2. The van der Waals surface area contributed by atoms with Crippen LogP contribution in [0.15, 0.2) is 0 Å². The third-order valence-corrected chi connectivity index (χ3v) is 4.06. The van der Waals surface area contributed by atoms with Crippen molar-refractivity contribution in [1.82, 2.24) is 15.1 Å². The lowest BCUT2D eigenvalue weighted by Gasteiger charge is -2.40. The number of aliphatic hydroxyl groups excluding tert-OH is 1. The molecule has 2 aliphatic rings. The molecule has 2 fully saturated rings. The van der Waals surface area contributed by atoms with E-state index in [2.05, 4.69) is 29.0 Å². The fourth-order valence-electron chi connectivity index (χ4n) is 2.84. The Morgan fingerprint density at radius 3 is 2.28 bits per heavy atom. The first-order valence-electron chi connectivity index (χ1n) is 7.48. The molecule has 0 radical (unpaired) electrons. The number of hydrogen-bond acceptors (Lipinski definition) is 4. The summed E-state index contributed by atoms with van der Waals surface area (Å²) in [7, 11) is 0. The largest absolute Gasteiger partial charge is 0.394 e. The lowest BCUT2D eigenvalue weighted by molar-refractivity contribution is 0.0777. The van der Waals surface area contributed by atoms with Gasteiger partial charge in [-0.25, -0.2) is 0 Å². The molecule has 0 amide bonds. The fraction of sp³-hybridized carbons (Fsp3) is 1.00. The van der Waals surface area contributed by atoms with E-state index >= 15 is 0 Å². The summed E-state index contributed by atoms with van der Waals surface area (Å²) in [4.78, 5) is 5.04. The van der Waals surface area contributed by atoms with Crippen LogP contribution in [0, 0.1) is 0 Å². The highest BCUT2D eigenvalue weighted by molar-refractivity contribution is 4.94. The van der Waals surface area contributed by atoms with Crippen LogP contribution in [0.2, 0.25) is 0 Å². The second-order valence-corrected chi connectivity index (χ2v) is 6.26. The summed E-state index contributed by atoms with van der Waals surface area (Å²) in [5.74, 6) is 0. The smallest absolute Gasteiger partial charge is 0.0623 e. The fourth-order valence-corrected chi connectivity index (χ4v) is 2.84. The number of rotatable bonds is 7. The van der Waals surface area contributed by atoms with Crippen molar-refractivity contribution in [2.75, 3.05) is 45.9 Å². The molecule has 1 saturated heterocycles. The molecule has 0 bridgehead atoms. The highest BCUT2D eigenvalue weighted by atomic mass is 16.3. The van der Waals surface area contributed by atoms with Crippen molar-refractivity contribution in [2.45, 2.75) is 44.7 Å². The molecule has 4 nitrogen and oxygen atoms in total. The Morgan fingerprint density at radius 1 is 1.17 bits per heavy atom. The van der Waals surface area contributed by atoms with Crippen molar-refractivity contribution < 1.29 is 5.11 Å². The minimum atomic E-state index is -0.117. The first-order valence-corrected chi connectivity index (χ1v) is 7.48. The SMILES string of the molecule is CCCN1CCN(CC(C)(CO)NC2CC2)CC1. The van der Waals surface area contributed by atoms with Gasteiger partial charge < -0.3 is 15.3 Å². The number of piperazine rings is 1. The van der Waals surface area contributed by atoms with Gasteiger partial charge in [-0.15, -0.1) is 0 Å². The second kappa shape index (κ2) is 6.33. The van der Waals surface area contributed by atoms with Crippen LogP contribution < -0.4 is 5.32 Å². The van der Waals surface area contributed by atoms with E-state index in [-0.39, 0.29) is 12.1 Å². The Labute approximate surface area is 111 Å². The molecule has 1 aliphatic carbocycles. The molecule has 4 heteroatoms. The predicted molar refractivity (Wildman–Crippen MR) is 74.8 cm³/mol. The average molecular weight is 255 g/mol. The highest BCUT2D eigenvalue weighted by Crippen LogP contribution is 2.23. The second-order valence-electron chi connectivity index (χ2n) is 6.26. The Morgan fingerprint density at radius 2 is 1.78 bits per heavy atom. The van der Waals surface area contributed by atoms with Gasteiger partial charge in [0.2, 0.25) is 0 Å². The molecule has 1 atom stereocenters. The van der Waals surface area contributed by atoms with Crippen LogP contribution in [0.3, 0.4) is 0 Å². The zero-order valence-corrected chi connectivity index (χ0v) is 12.0. The van der Waals surface area contributed by atoms with Gasteiger partial charge in [-0.05, 0) is 32.7 Å². The van der Waals surface area contributed by atoms with Crippen LogP contribution in [0.25, 0.3) is 0 Å². The molecule has 1 unspecified atom stereocenters. The molecule has 2 rings (SSSR count). The summed E-state index contributed by atoms with van der Waals surface area (Å²) >= 11 is 0. The van der Waals surface area contributed by atoms with Gasteiger partial charge in [0.25, 0.3) is 0 Å². The third kappa shape index (κ3) is 4.19. The van der Waals surface area contributed by atoms with Gasteiger partial charge in [0.1, 0.15) is 0 Å². The van der Waals surface area contributed by atoms with E-state index in [4.69, 9.17) is 0 Å². The Hall–Kier alpha value is -0.160. The number of nitrogens with zero attached hydrogens (tertiary/aromatic N) is 2. The van der Waals surface area contributed by atoms with E-state index in [1.54, 1.807) is 0 Å². The molecular weight excluding hydrogens is 226 g/mol. The minimum Gasteiger partial charge on any atom is -0.394 e. The standard InChI is InChI=1S/C14H29N3O/c1-3-6-16-7-9-17(10-8-16)11-14(2,12-18)15-13-4-5-13/h13,15,18H,3-12H2,1-2H3. The van der Waals surface area contributed by atoms with E-state index < -0.39 is 0 Å². The first kappa shape index (κ1) is 14.3. The van der Waals surface area contributed by atoms with Gasteiger partial charge in [0.05, 0.1) is 12.1 Å². The Kier molecular flexibility index (Phi) is 5.01. The monoisotopic (exact) mass is 255 g/mol. The maximum Gasteiger partial charge on any atom is 0.0623 e. The first-order chi connectivity index (χ1) is 8.65. The van der Waals surface area contributed by atoms with Crippen molar-refractivity contribution >= 4 is 0 Å². The van der Waals surface area contributed by atoms with Crippen LogP contribution in [-0.4, -0.2) is 72.4 Å². The molecule has 1 saturated carbocycles. The molecule has 0 aromatic heterocycles. The number of nitrogens with one attached hydrogen (secondary N) is 1. The van der Waals surface area contributed by atoms with Crippen molar-refractivity contribution in [3.05, 3.63) is 0 Å². The van der Waals surface area contributed by atoms with E-state index in [0.717, 1.165) is 19.6 Å². The molecule has 0 aromatic rings. The normalized spacial score (nSPS) is 26.2. The highest BCUT2D eigenvalue weighted by Gasteiger charge is 2.34. The van der Waals surface area contributed by atoms with Gasteiger partial charge in [-0.3, -0.25) is 4.90 Å². The third-order valence-electron chi connectivity index (χ3n) is 4.06. The van der Waals surface area contributed by atoms with Crippen LogP contribution >= 0.6 is 0 Å². The molecule has 106 valence electrons. The average Bonchev–Trinajstić information content (AvgIpc) is 3.16. The molecule has 1 aliphatic heterocycles. The summed E-state index contributed by atoms with van der Waals surface area (Å²) in [5.41, 5.74) is -0.117. The molecule has 0 aromatic carbocycles. The Bertz CT molecular complexity index is 249. The van der Waals surface area contributed by atoms with Gasteiger partial charge >= 0.3 is 0 Å². The predicted octanol–water partition coefficient (Wildman–Crippen LogP) is 0.517. The molecule has 0 spiro atoms. The molecule has 18 heavy (non-hydrogen) atoms. The summed E-state index contributed by atoms with van der Waals surface area (Å²) in [5, 5.41) is 13.2. The van der Waals surface area contributed by atoms with Crippen molar-refractivity contribution in [1.29, 1.82) is 0 Å². The lowest BCUT2D eigenvalue weighted by Crippen LogP contribution is -2.58. The maximum absolute atomic E-state index is 9.63. The summed E-state index contributed by atoms with van der Waals surface area (Å²) in [6.07, 6.45) is 3.80. The van der Waals surface area contributed by atoms with E-state index in [9.17, 15) is 5.11 Å². The van der Waals surface area contributed by atoms with E-state index in [1.165, 1.54) is 38.9 Å². The van der Waals surface area contributed by atoms with Crippen LogP contribution in [0.4, 0.5) is 0 Å². The lowest BCUT2D eigenvalue weighted by atomic mass is 10.0. The van der Waals surface area contributed by atoms with E-state index in [1.807, 2.05) is 0 Å². The van der Waals surface area contributed by atoms with Gasteiger partial charge in [0, 0.05) is 38.8 Å². The van der Waals surface area contributed by atoms with Crippen molar-refractivity contribution in [3.8, 4) is 0 Å². The topological polar surface area (TPSA) is 38.7 Å². The minimum absolute atomic E-state index is 0.117. The van der Waals surface area contributed by atoms with Crippen LogP contribution in [0.1, 0.15) is 33.1 Å². The summed E-state index contributed by atoms with van der Waals surface area (Å²) in [6, 6.07) is 0.656. The van der Waals surface area contributed by atoms with E-state index in [0.29, 0.717) is 6.04 Å². The number of aliphatic hydroxyl groups is 1. The zero-order valence-electron chi connectivity index (χ0n) is 12.0. The van der Waals surface area contributed by atoms with Gasteiger partial charge in [0.15, 0.2) is 0 Å². The quantitative estimate of drug-likeness (QED) is 0.695. The molecule has 1 heterocycles. The maximum atomic E-state index is 9.63. The zero-order chi connectivity index (χ0) is 13.0. The summed E-state index contributed by atoms with van der Waals surface area (Å²) < 4.78 is 0. The van der Waals surface area contributed by atoms with Crippen LogP contribution in [-0.2, 0) is 0 Å². The molecule has 2 N–H and O–H groups in total. The van der Waals surface area contributed by atoms with Gasteiger partial charge in [-0.2, -0.15) is 0 Å². The van der Waals surface area contributed by atoms with Crippen LogP contribution in [0.5, 0.6) is 0 Å². The Balaban J connectivity index is 1.74. The van der Waals surface area contributed by atoms with Crippen molar-refractivity contribution in [2.24, 2.45) is 0 Å². The van der Waals surface area contributed by atoms with Gasteiger partial charge in [-0.1, -0.05) is 6.92 Å². The van der Waals surface area contributed by atoms with Crippen molar-refractivity contribution in [3.63, 3.8) is 0 Å².